The first-order valence-corrected chi connectivity index (χ1v) is 13.4. The van der Waals surface area contributed by atoms with E-state index in [4.69, 9.17) is 4.42 Å². The smallest absolute Gasteiger partial charge is 0.408 e. The van der Waals surface area contributed by atoms with Crippen LogP contribution in [-0.2, 0) is 28.3 Å². The molecule has 0 bridgehead atoms. The van der Waals surface area contributed by atoms with Gasteiger partial charge in [0.1, 0.15) is 11.9 Å². The Morgan fingerprint density at radius 2 is 1.76 bits per heavy atom. The van der Waals surface area contributed by atoms with Gasteiger partial charge in [0, 0.05) is 45.5 Å². The standard InChI is InChI=1S/C26H27N5O5S/c1-29-22-11-10-20(18-23(22)36-26(29)33)37(34,35)28-21(17-19-7-3-2-4-8-19)25(32)31-15-13-30(14-16-31)24-9-5-6-12-27-24/h2-12,18,21,28H,13-17H2,1H3. The SMILES string of the molecule is Cn1c(=O)oc2cc(S(=O)(=O)NC(Cc3ccccc3)C(=O)N3CCN(c4ccccn4)CC3)ccc21. The maximum atomic E-state index is 13.6. The van der Waals surface area contributed by atoms with E-state index in [1.807, 2.05) is 48.5 Å². The van der Waals surface area contributed by atoms with E-state index in [2.05, 4.69) is 14.6 Å². The van der Waals surface area contributed by atoms with Gasteiger partial charge in [0.25, 0.3) is 0 Å². The Bertz CT molecular complexity index is 1560. The van der Waals surface area contributed by atoms with Gasteiger partial charge in [-0.15, -0.1) is 0 Å². The van der Waals surface area contributed by atoms with Gasteiger partial charge < -0.3 is 14.2 Å². The van der Waals surface area contributed by atoms with Gasteiger partial charge >= 0.3 is 5.76 Å². The minimum absolute atomic E-state index is 0.0832. The third kappa shape index (κ3) is 5.27. The third-order valence-corrected chi connectivity index (χ3v) is 7.99. The largest absolute Gasteiger partial charge is 0.419 e. The molecule has 1 fully saturated rings. The molecule has 0 aliphatic carbocycles. The summed E-state index contributed by atoms with van der Waals surface area (Å²) in [6.07, 6.45) is 1.93. The van der Waals surface area contributed by atoms with Crippen LogP contribution in [0.4, 0.5) is 5.82 Å². The summed E-state index contributed by atoms with van der Waals surface area (Å²) in [5.41, 5.74) is 1.47. The number of nitrogens with zero attached hydrogens (tertiary/aromatic N) is 4. The number of oxazole rings is 1. The fourth-order valence-corrected chi connectivity index (χ4v) is 5.69. The number of rotatable bonds is 7. The highest BCUT2D eigenvalue weighted by Crippen LogP contribution is 2.20. The van der Waals surface area contributed by atoms with Crippen molar-refractivity contribution in [1.29, 1.82) is 0 Å². The number of amides is 1. The predicted octanol–water partition coefficient (Wildman–Crippen LogP) is 1.76. The molecule has 0 radical (unpaired) electrons. The number of aryl methyl sites for hydroxylation is 1. The maximum absolute atomic E-state index is 13.6. The number of hydrogen-bond donors (Lipinski definition) is 1. The van der Waals surface area contributed by atoms with Crippen LogP contribution in [0.2, 0.25) is 0 Å². The molecule has 1 amide bonds. The van der Waals surface area contributed by atoms with Gasteiger partial charge in [-0.3, -0.25) is 9.36 Å². The van der Waals surface area contributed by atoms with E-state index in [0.29, 0.717) is 31.7 Å². The number of sulfonamides is 1. The van der Waals surface area contributed by atoms with Crippen LogP contribution in [0.5, 0.6) is 0 Å². The van der Waals surface area contributed by atoms with Crippen molar-refractivity contribution in [1.82, 2.24) is 19.2 Å². The highest BCUT2D eigenvalue weighted by atomic mass is 32.2. The molecule has 0 spiro atoms. The van der Waals surface area contributed by atoms with E-state index >= 15 is 0 Å². The normalized spacial score (nSPS) is 15.2. The molecule has 2 aromatic carbocycles. The lowest BCUT2D eigenvalue weighted by atomic mass is 10.1. The van der Waals surface area contributed by atoms with Gasteiger partial charge in [0.15, 0.2) is 5.58 Å². The molecule has 0 saturated carbocycles. The van der Waals surface area contributed by atoms with Gasteiger partial charge in [0.05, 0.1) is 10.4 Å². The number of pyridine rings is 1. The monoisotopic (exact) mass is 521 g/mol. The predicted molar refractivity (Wildman–Crippen MR) is 139 cm³/mol. The van der Waals surface area contributed by atoms with E-state index in [1.54, 1.807) is 18.1 Å². The summed E-state index contributed by atoms with van der Waals surface area (Å²) in [6.45, 7) is 2.08. The quantitative estimate of drug-likeness (QED) is 0.394. The number of benzene rings is 2. The number of carbonyl (C=O) groups is 1. The van der Waals surface area contributed by atoms with Crippen molar-refractivity contribution in [2.24, 2.45) is 7.05 Å². The van der Waals surface area contributed by atoms with Gasteiger partial charge in [-0.25, -0.2) is 18.2 Å². The lowest BCUT2D eigenvalue weighted by molar-refractivity contribution is -0.133. The summed E-state index contributed by atoms with van der Waals surface area (Å²) in [5, 5.41) is 0. The van der Waals surface area contributed by atoms with Crippen molar-refractivity contribution in [3.63, 3.8) is 0 Å². The second kappa shape index (κ2) is 10.2. The van der Waals surface area contributed by atoms with Crippen LogP contribution in [0.1, 0.15) is 5.56 Å². The zero-order valence-corrected chi connectivity index (χ0v) is 21.1. The Labute approximate surface area is 214 Å². The van der Waals surface area contributed by atoms with Crippen LogP contribution < -0.4 is 15.4 Å². The highest BCUT2D eigenvalue weighted by Gasteiger charge is 2.32. The number of carbonyl (C=O) groups excluding carboxylic acids is 1. The number of aromatic nitrogens is 2. The number of nitrogens with one attached hydrogen (secondary N) is 1. The summed E-state index contributed by atoms with van der Waals surface area (Å²) in [4.78, 5) is 33.5. The van der Waals surface area contributed by atoms with Crippen LogP contribution in [0, 0.1) is 0 Å². The maximum Gasteiger partial charge on any atom is 0.419 e. The lowest BCUT2D eigenvalue weighted by Crippen LogP contribution is -2.55. The molecule has 2 aromatic heterocycles. The van der Waals surface area contributed by atoms with Gasteiger partial charge in [-0.05, 0) is 36.2 Å². The van der Waals surface area contributed by atoms with Crippen molar-refractivity contribution in [2.45, 2.75) is 17.4 Å². The summed E-state index contributed by atoms with van der Waals surface area (Å²) in [7, 11) is -2.56. The lowest BCUT2D eigenvalue weighted by Gasteiger charge is -2.37. The zero-order valence-electron chi connectivity index (χ0n) is 20.3. The summed E-state index contributed by atoms with van der Waals surface area (Å²) in [6, 6.07) is 18.2. The molecule has 10 nitrogen and oxygen atoms in total. The Morgan fingerprint density at radius 1 is 1.03 bits per heavy atom. The molecule has 1 aliphatic heterocycles. The van der Waals surface area contributed by atoms with Crippen LogP contribution in [0.25, 0.3) is 11.1 Å². The van der Waals surface area contributed by atoms with Crippen LogP contribution in [0.3, 0.4) is 0 Å². The first kappa shape index (κ1) is 24.7. The molecule has 37 heavy (non-hydrogen) atoms. The molecular weight excluding hydrogens is 494 g/mol. The number of anilines is 1. The molecule has 3 heterocycles. The third-order valence-electron chi connectivity index (χ3n) is 6.52. The number of fused-ring (bicyclic) bond motifs is 1. The Kier molecular flexibility index (Phi) is 6.81. The van der Waals surface area contributed by atoms with E-state index in [0.717, 1.165) is 11.4 Å². The van der Waals surface area contributed by atoms with Gasteiger partial charge in [0.2, 0.25) is 15.9 Å². The van der Waals surface area contributed by atoms with Crippen LogP contribution >= 0.6 is 0 Å². The first-order chi connectivity index (χ1) is 17.8. The van der Waals surface area contributed by atoms with E-state index in [9.17, 15) is 18.0 Å². The second-order valence-electron chi connectivity index (χ2n) is 8.92. The zero-order chi connectivity index (χ0) is 26.0. The number of piperazine rings is 1. The van der Waals surface area contributed by atoms with Crippen molar-refractivity contribution in [3.8, 4) is 0 Å². The fraction of sp³-hybridized carbons (Fsp3) is 0.269. The van der Waals surface area contributed by atoms with Crippen molar-refractivity contribution >= 4 is 32.8 Å². The Morgan fingerprint density at radius 3 is 2.46 bits per heavy atom. The fourth-order valence-electron chi connectivity index (χ4n) is 4.48. The van der Waals surface area contributed by atoms with Crippen LogP contribution in [0.15, 0.2) is 87.0 Å². The molecule has 11 heteroatoms. The Balaban J connectivity index is 1.37. The van der Waals surface area contributed by atoms with E-state index in [-0.39, 0.29) is 22.8 Å². The summed E-state index contributed by atoms with van der Waals surface area (Å²) >= 11 is 0. The molecule has 1 aliphatic rings. The molecular formula is C26H27N5O5S. The highest BCUT2D eigenvalue weighted by molar-refractivity contribution is 7.89. The molecule has 1 N–H and O–H groups in total. The summed E-state index contributed by atoms with van der Waals surface area (Å²) < 4.78 is 35.8. The Hall–Kier alpha value is -3.96. The minimum Gasteiger partial charge on any atom is -0.408 e. The summed E-state index contributed by atoms with van der Waals surface area (Å²) in [5.74, 6) is -0.0287. The average Bonchev–Trinajstić information content (AvgIpc) is 3.21. The van der Waals surface area contributed by atoms with E-state index in [1.165, 1.54) is 22.8 Å². The van der Waals surface area contributed by atoms with Crippen molar-refractivity contribution < 1.29 is 17.6 Å². The molecule has 4 aromatic rings. The average molecular weight is 522 g/mol. The molecule has 1 saturated heterocycles. The van der Waals surface area contributed by atoms with Crippen molar-refractivity contribution in [2.75, 3.05) is 31.1 Å². The molecule has 1 unspecified atom stereocenters. The molecule has 192 valence electrons. The first-order valence-electron chi connectivity index (χ1n) is 11.9. The van der Waals surface area contributed by atoms with E-state index < -0.39 is 21.8 Å². The van der Waals surface area contributed by atoms with Gasteiger partial charge in [-0.1, -0.05) is 36.4 Å². The second-order valence-corrected chi connectivity index (χ2v) is 10.6. The minimum atomic E-state index is -4.10. The van der Waals surface area contributed by atoms with Crippen LogP contribution in [-0.4, -0.2) is 61.0 Å². The molecule has 1 atom stereocenters. The topological polar surface area (TPSA) is 118 Å². The molecule has 5 rings (SSSR count). The van der Waals surface area contributed by atoms with Crippen molar-refractivity contribution in [3.05, 3.63) is 89.0 Å². The number of hydrogen-bond acceptors (Lipinski definition) is 7. The van der Waals surface area contributed by atoms with Gasteiger partial charge in [-0.2, -0.15) is 4.72 Å².